The second-order valence-corrected chi connectivity index (χ2v) is 11.6. The van der Waals surface area contributed by atoms with Crippen molar-refractivity contribution in [1.82, 2.24) is 19.7 Å². The number of aliphatic carboxylic acids is 1. The third-order valence-electron chi connectivity index (χ3n) is 6.76. The third-order valence-corrected chi connectivity index (χ3v) is 7.34. The predicted molar refractivity (Wildman–Crippen MR) is 128 cm³/mol. The van der Waals surface area contributed by atoms with Gasteiger partial charge in [0.2, 0.25) is 0 Å². The maximum absolute atomic E-state index is 14.3. The van der Waals surface area contributed by atoms with Gasteiger partial charge in [-0.05, 0) is 30.1 Å². The Morgan fingerprint density at radius 3 is 2.14 bits per heavy atom. The first-order valence-corrected chi connectivity index (χ1v) is 12.3. The van der Waals surface area contributed by atoms with Crippen molar-refractivity contribution < 1.29 is 32.7 Å². The minimum Gasteiger partial charge on any atom is -0.481 e. The van der Waals surface area contributed by atoms with Crippen molar-refractivity contribution in [1.29, 1.82) is 0 Å². The lowest BCUT2D eigenvalue weighted by Crippen LogP contribution is -2.42. The average Bonchev–Trinajstić information content (AvgIpc) is 3.09. The molecule has 2 aromatic heterocycles. The highest BCUT2D eigenvalue weighted by atomic mass is 35.5. The molecule has 1 amide bonds. The molecule has 0 spiro atoms. The van der Waals surface area contributed by atoms with Crippen LogP contribution in [0.5, 0.6) is 0 Å². The van der Waals surface area contributed by atoms with Crippen molar-refractivity contribution in [3.05, 3.63) is 45.5 Å². The van der Waals surface area contributed by atoms with Crippen LogP contribution in [0.2, 0.25) is 10.0 Å². The molecule has 2 aliphatic rings. The van der Waals surface area contributed by atoms with Gasteiger partial charge >= 0.3 is 12.1 Å². The molecule has 0 saturated heterocycles. The topological polar surface area (TPSA) is 105 Å². The van der Waals surface area contributed by atoms with E-state index in [0.29, 0.717) is 0 Å². The van der Waals surface area contributed by atoms with Crippen LogP contribution in [0.3, 0.4) is 0 Å². The number of hydrogen-bond acceptors (Lipinski definition) is 5. The maximum Gasteiger partial charge on any atom is 0.433 e. The Morgan fingerprint density at radius 2 is 1.65 bits per heavy atom. The molecular formula is C24H25Cl2F3N4O4. The SMILES string of the molecule is CC(C)(C)CN(CC(=O)c1c(Cl)cncc1Cl)C(=O)c1cnn(C2C[C@@H]3C(C(=O)O)[C@@H]3C2)c1C(F)(F)F. The monoisotopic (exact) mass is 560 g/mol. The van der Waals surface area contributed by atoms with Crippen LogP contribution in [0.4, 0.5) is 13.2 Å². The number of rotatable bonds is 7. The van der Waals surface area contributed by atoms with Gasteiger partial charge in [0.25, 0.3) is 5.91 Å². The highest BCUT2D eigenvalue weighted by molar-refractivity contribution is 6.39. The summed E-state index contributed by atoms with van der Waals surface area (Å²) in [5, 5.41) is 13.1. The highest BCUT2D eigenvalue weighted by Gasteiger charge is 2.61. The fourth-order valence-corrected chi connectivity index (χ4v) is 5.90. The summed E-state index contributed by atoms with van der Waals surface area (Å²) < 4.78 is 43.6. The first kappa shape index (κ1) is 27.4. The van der Waals surface area contributed by atoms with Gasteiger partial charge in [-0.2, -0.15) is 18.3 Å². The minimum atomic E-state index is -4.91. The Hall–Kier alpha value is -2.66. The number of fused-ring (bicyclic) bond motifs is 1. The van der Waals surface area contributed by atoms with Gasteiger partial charge in [0.15, 0.2) is 11.5 Å². The van der Waals surface area contributed by atoms with E-state index in [1.54, 1.807) is 20.8 Å². The predicted octanol–water partition coefficient (Wildman–Crippen LogP) is 5.26. The maximum atomic E-state index is 14.3. The summed E-state index contributed by atoms with van der Waals surface area (Å²) >= 11 is 12.1. The Labute approximate surface area is 220 Å². The second-order valence-electron chi connectivity index (χ2n) is 10.8. The standard InChI is InChI=1S/C24H25Cl2F3N4O4/c1-23(2,3)10-32(9-17(34)19-15(25)7-30-8-16(19)26)21(35)14-6-31-33(20(14)24(27,28)29)11-4-12-13(5-11)18(12)22(36)37/h6-8,11-13,18H,4-5,9-10H2,1-3H3,(H,36,37)/t11?,12-,13+,18?. The Balaban J connectivity index is 1.65. The number of ketones is 1. The van der Waals surface area contributed by atoms with E-state index < -0.39 is 59.0 Å². The first-order valence-electron chi connectivity index (χ1n) is 11.6. The van der Waals surface area contributed by atoms with Crippen LogP contribution in [-0.2, 0) is 11.0 Å². The molecule has 2 heterocycles. The smallest absolute Gasteiger partial charge is 0.433 e. The van der Waals surface area contributed by atoms with Crippen LogP contribution in [0.15, 0.2) is 18.6 Å². The fourth-order valence-electron chi connectivity index (χ4n) is 5.33. The number of carboxylic acids is 1. The number of carboxylic acid groups (broad SMARTS) is 1. The number of hydrogen-bond donors (Lipinski definition) is 1. The second kappa shape index (κ2) is 9.58. The molecule has 2 unspecified atom stereocenters. The molecule has 0 bridgehead atoms. The molecule has 0 radical (unpaired) electrons. The van der Waals surface area contributed by atoms with Crippen LogP contribution in [0.25, 0.3) is 0 Å². The highest BCUT2D eigenvalue weighted by Crippen LogP contribution is 2.61. The molecule has 200 valence electrons. The van der Waals surface area contributed by atoms with Gasteiger partial charge in [-0.1, -0.05) is 44.0 Å². The zero-order valence-corrected chi connectivity index (χ0v) is 21.7. The van der Waals surface area contributed by atoms with E-state index in [1.807, 2.05) is 0 Å². The summed E-state index contributed by atoms with van der Waals surface area (Å²) in [5.74, 6) is -3.53. The van der Waals surface area contributed by atoms with Crippen molar-refractivity contribution >= 4 is 40.9 Å². The molecule has 0 aliphatic heterocycles. The zero-order chi connectivity index (χ0) is 27.4. The van der Waals surface area contributed by atoms with Crippen molar-refractivity contribution in [3.8, 4) is 0 Å². The van der Waals surface area contributed by atoms with E-state index in [2.05, 4.69) is 10.1 Å². The van der Waals surface area contributed by atoms with Gasteiger partial charge in [-0.3, -0.25) is 24.0 Å². The molecule has 37 heavy (non-hydrogen) atoms. The molecule has 2 aliphatic carbocycles. The van der Waals surface area contributed by atoms with Gasteiger partial charge in [0, 0.05) is 18.9 Å². The molecule has 13 heteroatoms. The van der Waals surface area contributed by atoms with Gasteiger partial charge in [-0.25, -0.2) is 0 Å². The molecule has 2 fully saturated rings. The third kappa shape index (κ3) is 5.47. The van der Waals surface area contributed by atoms with Crippen LogP contribution in [-0.4, -0.2) is 55.5 Å². The summed E-state index contributed by atoms with van der Waals surface area (Å²) in [6, 6.07) is -0.670. The molecule has 4 rings (SSSR count). The van der Waals surface area contributed by atoms with Gasteiger partial charge in [-0.15, -0.1) is 0 Å². The quantitative estimate of drug-likeness (QED) is 0.463. The van der Waals surface area contributed by atoms with Gasteiger partial charge < -0.3 is 10.0 Å². The minimum absolute atomic E-state index is 0.0335. The Kier molecular flexibility index (Phi) is 7.09. The molecule has 0 aromatic carbocycles. The average molecular weight is 561 g/mol. The van der Waals surface area contributed by atoms with Gasteiger partial charge in [0.1, 0.15) is 0 Å². The summed E-state index contributed by atoms with van der Waals surface area (Å²) in [6.07, 6.45) is -1.13. The number of alkyl halides is 3. The normalized spacial score (nSPS) is 23.0. The van der Waals surface area contributed by atoms with E-state index in [1.165, 1.54) is 12.4 Å². The number of aromatic nitrogens is 3. The van der Waals surface area contributed by atoms with Gasteiger partial charge in [0.05, 0.1) is 45.9 Å². The van der Waals surface area contributed by atoms with Crippen LogP contribution < -0.4 is 0 Å². The fraction of sp³-hybridized carbons (Fsp3) is 0.542. The first-order chi connectivity index (χ1) is 17.1. The lowest BCUT2D eigenvalue weighted by atomic mass is 9.95. The van der Waals surface area contributed by atoms with Crippen LogP contribution in [0, 0.1) is 23.2 Å². The Morgan fingerprint density at radius 1 is 1.08 bits per heavy atom. The van der Waals surface area contributed by atoms with E-state index in [0.717, 1.165) is 15.8 Å². The summed E-state index contributed by atoms with van der Waals surface area (Å²) in [7, 11) is 0. The van der Waals surface area contributed by atoms with Crippen molar-refractivity contribution in [2.24, 2.45) is 23.2 Å². The summed E-state index contributed by atoms with van der Waals surface area (Å²) in [4.78, 5) is 42.7. The number of amides is 1. The van der Waals surface area contributed by atoms with Crippen molar-refractivity contribution in [2.75, 3.05) is 13.1 Å². The zero-order valence-electron chi connectivity index (χ0n) is 20.2. The number of carbonyl (C=O) groups is 3. The number of carbonyl (C=O) groups excluding carboxylic acids is 2. The number of Topliss-reactive ketones (excluding diaryl/α,β-unsaturated/α-hetero) is 1. The van der Waals surface area contributed by atoms with Crippen LogP contribution in [0.1, 0.15) is 66.1 Å². The number of pyridine rings is 1. The lowest BCUT2D eigenvalue weighted by Gasteiger charge is -2.30. The molecule has 8 nitrogen and oxygen atoms in total. The molecule has 2 aromatic rings. The van der Waals surface area contributed by atoms with E-state index in [9.17, 15) is 32.7 Å². The molecule has 1 N–H and O–H groups in total. The van der Waals surface area contributed by atoms with E-state index >= 15 is 0 Å². The van der Waals surface area contributed by atoms with Crippen LogP contribution >= 0.6 is 23.2 Å². The molecule has 2 saturated carbocycles. The van der Waals surface area contributed by atoms with E-state index in [4.69, 9.17) is 23.2 Å². The largest absolute Gasteiger partial charge is 0.481 e. The number of halogens is 5. The summed E-state index contributed by atoms with van der Waals surface area (Å²) in [5.41, 5.74) is -2.52. The van der Waals surface area contributed by atoms with Crippen molar-refractivity contribution in [3.63, 3.8) is 0 Å². The Bertz CT molecular complexity index is 1230. The molecular weight excluding hydrogens is 536 g/mol. The van der Waals surface area contributed by atoms with Crippen molar-refractivity contribution in [2.45, 2.75) is 45.8 Å². The molecule has 4 atom stereocenters. The van der Waals surface area contributed by atoms with E-state index in [-0.39, 0.29) is 46.8 Å². The number of nitrogens with zero attached hydrogens (tertiary/aromatic N) is 4. The lowest BCUT2D eigenvalue weighted by molar-refractivity contribution is -0.146. The summed E-state index contributed by atoms with van der Waals surface area (Å²) in [6.45, 7) is 4.75.